The van der Waals surface area contributed by atoms with E-state index in [2.05, 4.69) is 15.9 Å². The fraction of sp³-hybridized carbons (Fsp3) is 0.571. The summed E-state index contributed by atoms with van der Waals surface area (Å²) in [5.74, 6) is 0.237. The van der Waals surface area contributed by atoms with Crippen molar-refractivity contribution in [2.75, 3.05) is 0 Å². The highest BCUT2D eigenvalue weighted by Gasteiger charge is 2.64. The molecule has 0 nitrogen and oxygen atoms in total. The zero-order chi connectivity index (χ0) is 13.7. The van der Waals surface area contributed by atoms with E-state index in [1.54, 1.807) is 6.07 Å². The van der Waals surface area contributed by atoms with E-state index < -0.39 is 11.6 Å². The molecule has 0 aromatic heterocycles. The van der Waals surface area contributed by atoms with Crippen LogP contribution in [0, 0.1) is 6.92 Å². The Morgan fingerprint density at radius 3 is 2.17 bits per heavy atom. The van der Waals surface area contributed by atoms with Gasteiger partial charge in [0.1, 0.15) is 0 Å². The SMILES string of the molecule is Cc1cc(Br)c(C2(C(F)(F)F)CC2)cc1C(C)C. The molecule has 0 bridgehead atoms. The van der Waals surface area contributed by atoms with Crippen LogP contribution in [-0.2, 0) is 5.41 Å². The molecule has 0 heterocycles. The van der Waals surface area contributed by atoms with E-state index in [0.717, 1.165) is 11.1 Å². The molecule has 0 saturated heterocycles. The summed E-state index contributed by atoms with van der Waals surface area (Å²) in [4.78, 5) is 0. The Morgan fingerprint density at radius 2 is 1.78 bits per heavy atom. The third kappa shape index (κ3) is 2.09. The molecule has 1 saturated carbocycles. The van der Waals surface area contributed by atoms with E-state index >= 15 is 0 Å². The van der Waals surface area contributed by atoms with E-state index in [9.17, 15) is 13.2 Å². The number of benzene rings is 1. The van der Waals surface area contributed by atoms with E-state index in [0.29, 0.717) is 10.0 Å². The Bertz CT molecular complexity index is 471. The van der Waals surface area contributed by atoms with Gasteiger partial charge in [-0.3, -0.25) is 0 Å². The number of hydrogen-bond acceptors (Lipinski definition) is 0. The van der Waals surface area contributed by atoms with Gasteiger partial charge in [-0.25, -0.2) is 0 Å². The van der Waals surface area contributed by atoms with E-state index in [4.69, 9.17) is 0 Å². The van der Waals surface area contributed by atoms with Gasteiger partial charge in [-0.05, 0) is 48.4 Å². The maximum atomic E-state index is 13.2. The van der Waals surface area contributed by atoms with Crippen LogP contribution in [0.4, 0.5) is 13.2 Å². The highest BCUT2D eigenvalue weighted by Crippen LogP contribution is 2.60. The molecule has 0 aliphatic heterocycles. The van der Waals surface area contributed by atoms with Crippen molar-refractivity contribution in [3.05, 3.63) is 33.3 Å². The number of halogens is 4. The van der Waals surface area contributed by atoms with Crippen LogP contribution in [0.2, 0.25) is 0 Å². The van der Waals surface area contributed by atoms with Gasteiger partial charge in [-0.1, -0.05) is 35.8 Å². The fourth-order valence-electron chi connectivity index (χ4n) is 2.51. The van der Waals surface area contributed by atoms with Gasteiger partial charge >= 0.3 is 6.18 Å². The third-order valence-corrected chi connectivity index (χ3v) is 4.44. The maximum absolute atomic E-state index is 13.2. The highest BCUT2D eigenvalue weighted by molar-refractivity contribution is 9.10. The molecular weight excluding hydrogens is 305 g/mol. The largest absolute Gasteiger partial charge is 0.398 e. The molecule has 18 heavy (non-hydrogen) atoms. The van der Waals surface area contributed by atoms with Gasteiger partial charge in [-0.2, -0.15) is 13.2 Å². The molecule has 2 rings (SSSR count). The molecule has 0 N–H and O–H groups in total. The Kier molecular flexibility index (Phi) is 3.29. The quantitative estimate of drug-likeness (QED) is 0.677. The minimum absolute atomic E-state index is 0.204. The second-order valence-electron chi connectivity index (χ2n) is 5.42. The van der Waals surface area contributed by atoms with Crippen molar-refractivity contribution in [3.8, 4) is 0 Å². The van der Waals surface area contributed by atoms with Gasteiger partial charge in [0.05, 0.1) is 5.41 Å². The summed E-state index contributed by atoms with van der Waals surface area (Å²) in [6, 6.07) is 3.56. The minimum atomic E-state index is -4.15. The Labute approximate surface area is 114 Å². The van der Waals surface area contributed by atoms with Crippen molar-refractivity contribution in [3.63, 3.8) is 0 Å². The van der Waals surface area contributed by atoms with Gasteiger partial charge in [-0.15, -0.1) is 0 Å². The molecule has 0 amide bonds. The lowest BCUT2D eigenvalue weighted by Gasteiger charge is -2.23. The molecule has 1 fully saturated rings. The predicted octanol–water partition coefficient (Wildman–Crippen LogP) is 5.47. The van der Waals surface area contributed by atoms with Crippen molar-refractivity contribution in [2.24, 2.45) is 0 Å². The van der Waals surface area contributed by atoms with Gasteiger partial charge in [0.2, 0.25) is 0 Å². The summed E-state index contributed by atoms with van der Waals surface area (Å²) in [7, 11) is 0. The summed E-state index contributed by atoms with van der Waals surface area (Å²) >= 11 is 3.30. The first-order chi connectivity index (χ1) is 8.19. The molecule has 0 radical (unpaired) electrons. The molecular formula is C14H16BrF3. The average Bonchev–Trinajstić information content (AvgIpc) is 2.96. The summed E-state index contributed by atoms with van der Waals surface area (Å²) in [5.41, 5.74) is 0.843. The van der Waals surface area contributed by atoms with Crippen LogP contribution in [0.5, 0.6) is 0 Å². The molecule has 0 unspecified atom stereocenters. The second-order valence-corrected chi connectivity index (χ2v) is 6.28. The summed E-state index contributed by atoms with van der Waals surface area (Å²) < 4.78 is 40.1. The number of hydrogen-bond donors (Lipinski definition) is 0. The second kappa shape index (κ2) is 4.26. The molecule has 1 aliphatic rings. The maximum Gasteiger partial charge on any atom is 0.398 e. The van der Waals surface area contributed by atoms with Crippen molar-refractivity contribution >= 4 is 15.9 Å². The van der Waals surface area contributed by atoms with E-state index in [1.807, 2.05) is 26.8 Å². The molecule has 1 aromatic rings. The zero-order valence-electron chi connectivity index (χ0n) is 10.7. The van der Waals surface area contributed by atoms with Crippen LogP contribution in [-0.4, -0.2) is 6.18 Å². The van der Waals surface area contributed by atoms with Crippen LogP contribution < -0.4 is 0 Å². The molecule has 0 spiro atoms. The number of aryl methyl sites for hydroxylation is 1. The number of alkyl halides is 3. The first kappa shape index (κ1) is 13.9. The number of rotatable bonds is 2. The van der Waals surface area contributed by atoms with Gasteiger partial charge in [0.15, 0.2) is 0 Å². The normalized spacial score (nSPS) is 18.2. The van der Waals surface area contributed by atoms with Crippen LogP contribution in [0.25, 0.3) is 0 Å². The van der Waals surface area contributed by atoms with Gasteiger partial charge < -0.3 is 0 Å². The summed E-state index contributed by atoms with van der Waals surface area (Å²) in [5, 5.41) is 0. The molecule has 1 aromatic carbocycles. The zero-order valence-corrected chi connectivity index (χ0v) is 12.2. The Balaban J connectivity index is 2.56. The van der Waals surface area contributed by atoms with Gasteiger partial charge in [0.25, 0.3) is 0 Å². The van der Waals surface area contributed by atoms with Crippen molar-refractivity contribution in [1.29, 1.82) is 0 Å². The predicted molar refractivity (Wildman–Crippen MR) is 69.9 cm³/mol. The van der Waals surface area contributed by atoms with Crippen LogP contribution in [0.3, 0.4) is 0 Å². The first-order valence-corrected chi connectivity index (χ1v) is 6.85. The molecule has 4 heteroatoms. The lowest BCUT2D eigenvalue weighted by atomic mass is 9.88. The topological polar surface area (TPSA) is 0 Å². The molecule has 0 atom stereocenters. The van der Waals surface area contributed by atoms with Crippen LogP contribution >= 0.6 is 15.9 Å². The standard InChI is InChI=1S/C14H16BrF3/c1-8(2)10-7-11(12(15)6-9(10)3)13(4-5-13)14(16,17)18/h6-8H,4-5H2,1-3H3. The average molecular weight is 321 g/mol. The highest BCUT2D eigenvalue weighted by atomic mass is 79.9. The fourth-order valence-corrected chi connectivity index (χ4v) is 3.35. The Hall–Kier alpha value is -0.510. The third-order valence-electron chi connectivity index (χ3n) is 3.79. The van der Waals surface area contributed by atoms with Crippen molar-refractivity contribution in [2.45, 2.75) is 51.1 Å². The summed E-state index contributed by atoms with van der Waals surface area (Å²) in [6.07, 6.45) is -3.75. The van der Waals surface area contributed by atoms with Crippen LogP contribution in [0.15, 0.2) is 16.6 Å². The van der Waals surface area contributed by atoms with Gasteiger partial charge in [0, 0.05) is 4.47 Å². The minimum Gasteiger partial charge on any atom is -0.170 e. The first-order valence-electron chi connectivity index (χ1n) is 6.06. The lowest BCUT2D eigenvalue weighted by Crippen LogP contribution is -2.29. The molecule has 1 aliphatic carbocycles. The Morgan fingerprint density at radius 1 is 1.22 bits per heavy atom. The van der Waals surface area contributed by atoms with Crippen molar-refractivity contribution < 1.29 is 13.2 Å². The monoisotopic (exact) mass is 320 g/mol. The van der Waals surface area contributed by atoms with E-state index in [-0.39, 0.29) is 18.8 Å². The lowest BCUT2D eigenvalue weighted by molar-refractivity contribution is -0.160. The molecule has 100 valence electrons. The summed E-state index contributed by atoms with van der Waals surface area (Å²) in [6.45, 7) is 5.96. The van der Waals surface area contributed by atoms with Crippen LogP contribution in [0.1, 0.15) is 49.3 Å². The van der Waals surface area contributed by atoms with E-state index in [1.165, 1.54) is 0 Å². The van der Waals surface area contributed by atoms with Crippen molar-refractivity contribution in [1.82, 2.24) is 0 Å². The smallest absolute Gasteiger partial charge is 0.170 e.